The van der Waals surface area contributed by atoms with Crippen LogP contribution in [0.3, 0.4) is 0 Å². The van der Waals surface area contributed by atoms with E-state index in [0.29, 0.717) is 0 Å². The molecule has 0 amide bonds. The number of anilines is 2. The molecule has 0 heterocycles. The molecule has 3 rings (SSSR count). The molecule has 0 radical (unpaired) electrons. The highest BCUT2D eigenvalue weighted by Crippen LogP contribution is 2.38. The molecule has 0 saturated carbocycles. The van der Waals surface area contributed by atoms with E-state index >= 15 is 0 Å². The maximum absolute atomic E-state index is 2.42. The highest BCUT2D eigenvalue weighted by Gasteiger charge is 2.21. The lowest BCUT2D eigenvalue weighted by atomic mass is 9.81. The summed E-state index contributed by atoms with van der Waals surface area (Å²) in [5, 5.41) is 0. The highest BCUT2D eigenvalue weighted by atomic mass is 15.1. The lowest BCUT2D eigenvalue weighted by molar-refractivity contribution is 0.859. The Kier molecular flexibility index (Phi) is 8.01. The Labute approximate surface area is 195 Å². The minimum Gasteiger partial charge on any atom is -0.372 e. The highest BCUT2D eigenvalue weighted by molar-refractivity contribution is 5.58. The van der Waals surface area contributed by atoms with Gasteiger partial charge in [-0.25, -0.2) is 0 Å². The molecule has 0 spiro atoms. The van der Waals surface area contributed by atoms with Crippen LogP contribution in [0.5, 0.6) is 0 Å². The number of hydrogen-bond donors (Lipinski definition) is 0. The van der Waals surface area contributed by atoms with Gasteiger partial charge in [-0.1, -0.05) is 42.0 Å². The third-order valence-corrected chi connectivity index (χ3v) is 6.80. The van der Waals surface area contributed by atoms with E-state index in [9.17, 15) is 0 Å². The fraction of sp³-hybridized carbons (Fsp3) is 0.400. The smallest absolute Gasteiger partial charge is 0.0368 e. The standard InChI is InChI=1S/C30H40N2/c1-8-31(9-2)26-16-18-28(23(6)20-26)30(25-14-12-22(5)13-15-25)29-19-17-27(21-24(29)7)32(10-3)11-4/h12-21,30H,8-11H2,1-7H3. The van der Waals surface area contributed by atoms with Crippen molar-refractivity contribution in [1.29, 1.82) is 0 Å². The topological polar surface area (TPSA) is 6.48 Å². The van der Waals surface area contributed by atoms with Crippen molar-refractivity contribution < 1.29 is 0 Å². The molecule has 170 valence electrons. The monoisotopic (exact) mass is 428 g/mol. The van der Waals surface area contributed by atoms with Gasteiger partial charge in [0, 0.05) is 43.5 Å². The van der Waals surface area contributed by atoms with Crippen LogP contribution >= 0.6 is 0 Å². The van der Waals surface area contributed by atoms with Gasteiger partial charge in [-0.3, -0.25) is 0 Å². The van der Waals surface area contributed by atoms with Gasteiger partial charge in [0.25, 0.3) is 0 Å². The van der Waals surface area contributed by atoms with E-state index < -0.39 is 0 Å². The van der Waals surface area contributed by atoms with Crippen molar-refractivity contribution in [3.63, 3.8) is 0 Å². The third kappa shape index (κ3) is 5.01. The molecule has 3 aromatic rings. The van der Waals surface area contributed by atoms with E-state index in [1.165, 1.54) is 44.8 Å². The predicted molar refractivity (Wildman–Crippen MR) is 142 cm³/mol. The first-order valence-corrected chi connectivity index (χ1v) is 12.2. The summed E-state index contributed by atoms with van der Waals surface area (Å²) in [6.07, 6.45) is 0. The van der Waals surface area contributed by atoms with Crippen molar-refractivity contribution in [1.82, 2.24) is 0 Å². The van der Waals surface area contributed by atoms with Crippen LogP contribution in [0.4, 0.5) is 11.4 Å². The fourth-order valence-corrected chi connectivity index (χ4v) is 4.82. The minimum atomic E-state index is 0.229. The van der Waals surface area contributed by atoms with E-state index in [1.807, 2.05) is 0 Å². The summed E-state index contributed by atoms with van der Waals surface area (Å²) in [5.41, 5.74) is 10.8. The maximum atomic E-state index is 2.42. The van der Waals surface area contributed by atoms with E-state index in [1.54, 1.807) is 0 Å². The molecule has 0 bridgehead atoms. The van der Waals surface area contributed by atoms with E-state index in [0.717, 1.165) is 26.2 Å². The van der Waals surface area contributed by atoms with Crippen LogP contribution < -0.4 is 9.80 Å². The summed E-state index contributed by atoms with van der Waals surface area (Å²) in [6.45, 7) is 19.7. The van der Waals surface area contributed by atoms with Crippen molar-refractivity contribution >= 4 is 11.4 Å². The lowest BCUT2D eigenvalue weighted by Crippen LogP contribution is -2.22. The van der Waals surface area contributed by atoms with Gasteiger partial charge in [-0.05, 0) is 101 Å². The van der Waals surface area contributed by atoms with Gasteiger partial charge in [0.05, 0.1) is 0 Å². The summed E-state index contributed by atoms with van der Waals surface area (Å²) in [5.74, 6) is 0.229. The summed E-state index contributed by atoms with van der Waals surface area (Å²) in [4.78, 5) is 4.84. The largest absolute Gasteiger partial charge is 0.372 e. The molecule has 0 fully saturated rings. The first-order valence-electron chi connectivity index (χ1n) is 12.2. The molecule has 0 N–H and O–H groups in total. The second kappa shape index (κ2) is 10.7. The van der Waals surface area contributed by atoms with Crippen LogP contribution in [0, 0.1) is 20.8 Å². The number of hydrogen-bond acceptors (Lipinski definition) is 2. The van der Waals surface area contributed by atoms with Crippen LogP contribution in [-0.4, -0.2) is 26.2 Å². The number of benzene rings is 3. The Hall–Kier alpha value is -2.74. The third-order valence-electron chi connectivity index (χ3n) is 6.80. The molecule has 3 aromatic carbocycles. The van der Waals surface area contributed by atoms with Gasteiger partial charge in [0.1, 0.15) is 0 Å². The maximum Gasteiger partial charge on any atom is 0.0368 e. The fourth-order valence-electron chi connectivity index (χ4n) is 4.82. The molecule has 0 atom stereocenters. The van der Waals surface area contributed by atoms with E-state index in [2.05, 4.69) is 119 Å². The van der Waals surface area contributed by atoms with Crippen LogP contribution in [0.15, 0.2) is 60.7 Å². The number of rotatable bonds is 9. The van der Waals surface area contributed by atoms with Gasteiger partial charge < -0.3 is 9.80 Å². The zero-order valence-electron chi connectivity index (χ0n) is 21.1. The van der Waals surface area contributed by atoms with Crippen molar-refractivity contribution in [2.45, 2.75) is 54.4 Å². The van der Waals surface area contributed by atoms with Gasteiger partial charge in [0.15, 0.2) is 0 Å². The number of aryl methyl sites for hydroxylation is 3. The van der Waals surface area contributed by atoms with E-state index in [4.69, 9.17) is 0 Å². The molecule has 0 unspecified atom stereocenters. The first kappa shape index (κ1) is 23.9. The molecule has 0 aliphatic carbocycles. The summed E-state index contributed by atoms with van der Waals surface area (Å²) in [7, 11) is 0. The summed E-state index contributed by atoms with van der Waals surface area (Å²) >= 11 is 0. The zero-order valence-corrected chi connectivity index (χ0v) is 21.1. The van der Waals surface area contributed by atoms with Crippen LogP contribution in [-0.2, 0) is 0 Å². The zero-order chi connectivity index (χ0) is 23.3. The quantitative estimate of drug-likeness (QED) is 0.326. The Morgan fingerprint density at radius 1 is 0.562 bits per heavy atom. The molecule has 0 aliphatic rings. The van der Waals surface area contributed by atoms with Crippen molar-refractivity contribution in [2.75, 3.05) is 36.0 Å². The summed E-state index contributed by atoms with van der Waals surface area (Å²) < 4.78 is 0. The molecule has 0 aromatic heterocycles. The Balaban J connectivity index is 2.13. The van der Waals surface area contributed by atoms with Crippen LogP contribution in [0.1, 0.15) is 67.0 Å². The van der Waals surface area contributed by atoms with Gasteiger partial charge >= 0.3 is 0 Å². The van der Waals surface area contributed by atoms with E-state index in [-0.39, 0.29) is 5.92 Å². The summed E-state index contributed by atoms with van der Waals surface area (Å²) in [6, 6.07) is 23.1. The molecule has 0 saturated heterocycles. The van der Waals surface area contributed by atoms with Crippen molar-refractivity contribution in [3.05, 3.63) is 94.0 Å². The average molecular weight is 429 g/mol. The number of nitrogens with zero attached hydrogens (tertiary/aromatic N) is 2. The molecule has 2 nitrogen and oxygen atoms in total. The van der Waals surface area contributed by atoms with Gasteiger partial charge in [0.2, 0.25) is 0 Å². The lowest BCUT2D eigenvalue weighted by Gasteiger charge is -2.27. The normalized spacial score (nSPS) is 11.1. The second-order valence-corrected chi connectivity index (χ2v) is 8.77. The molecular weight excluding hydrogens is 388 g/mol. The molecule has 32 heavy (non-hydrogen) atoms. The van der Waals surface area contributed by atoms with Crippen LogP contribution in [0.2, 0.25) is 0 Å². The van der Waals surface area contributed by atoms with Gasteiger partial charge in [-0.15, -0.1) is 0 Å². The average Bonchev–Trinajstić information content (AvgIpc) is 2.79. The first-order chi connectivity index (χ1) is 15.4. The Morgan fingerprint density at radius 2 is 0.969 bits per heavy atom. The molecular formula is C30H40N2. The Morgan fingerprint density at radius 3 is 1.31 bits per heavy atom. The van der Waals surface area contributed by atoms with Crippen molar-refractivity contribution in [3.8, 4) is 0 Å². The SMILES string of the molecule is CCN(CC)c1ccc(C(c2ccc(C)cc2)c2ccc(N(CC)CC)cc2C)c(C)c1. The van der Waals surface area contributed by atoms with Crippen LogP contribution in [0.25, 0.3) is 0 Å². The second-order valence-electron chi connectivity index (χ2n) is 8.77. The van der Waals surface area contributed by atoms with Crippen molar-refractivity contribution in [2.24, 2.45) is 0 Å². The van der Waals surface area contributed by atoms with Gasteiger partial charge in [-0.2, -0.15) is 0 Å². The minimum absolute atomic E-state index is 0.229. The molecule has 2 heteroatoms. The Bertz CT molecular complexity index is 950. The predicted octanol–water partition coefficient (Wildman–Crippen LogP) is 7.48. The molecule has 0 aliphatic heterocycles.